The molecular formula is C10H19ClN2. The molecule has 1 heterocycles. The molecule has 2 nitrogen and oxygen atoms in total. The third-order valence-corrected chi connectivity index (χ3v) is 2.92. The van der Waals surface area contributed by atoms with Crippen LogP contribution in [0, 0.1) is 5.92 Å². The zero-order valence-electron chi connectivity index (χ0n) is 8.25. The van der Waals surface area contributed by atoms with Crippen molar-refractivity contribution in [2.45, 2.75) is 25.8 Å². The lowest BCUT2D eigenvalue weighted by atomic mass is 9.92. The molecule has 0 aliphatic carbocycles. The number of nitrogens with two attached hydrogens (primary N) is 1. The maximum absolute atomic E-state index is 5.89. The third-order valence-electron chi connectivity index (χ3n) is 2.74. The van der Waals surface area contributed by atoms with E-state index in [9.17, 15) is 0 Å². The minimum atomic E-state index is 0.322. The molecule has 76 valence electrons. The number of likely N-dealkylation sites (tertiary alicyclic amines) is 1. The van der Waals surface area contributed by atoms with Crippen LogP contribution in [0.4, 0.5) is 0 Å². The highest BCUT2D eigenvalue weighted by Gasteiger charge is 2.21. The first-order chi connectivity index (χ1) is 6.24. The van der Waals surface area contributed by atoms with Gasteiger partial charge in [-0.25, -0.2) is 0 Å². The molecule has 13 heavy (non-hydrogen) atoms. The molecule has 2 unspecified atom stereocenters. The molecule has 1 rings (SSSR count). The highest BCUT2D eigenvalue weighted by atomic mass is 35.5. The Hall–Kier alpha value is -0.0500. The van der Waals surface area contributed by atoms with Gasteiger partial charge in [-0.2, -0.15) is 0 Å². The van der Waals surface area contributed by atoms with Gasteiger partial charge in [0.2, 0.25) is 0 Å². The van der Waals surface area contributed by atoms with E-state index < -0.39 is 0 Å². The molecule has 0 saturated carbocycles. The second-order valence-corrected chi connectivity index (χ2v) is 4.13. The summed E-state index contributed by atoms with van der Waals surface area (Å²) in [4.78, 5) is 2.41. The highest BCUT2D eigenvalue weighted by molar-refractivity contribution is 6.25. The molecule has 0 aromatic rings. The van der Waals surface area contributed by atoms with Crippen LogP contribution in [0.1, 0.15) is 19.8 Å². The summed E-state index contributed by atoms with van der Waals surface area (Å²) in [5.74, 6) is 0.664. The van der Waals surface area contributed by atoms with Gasteiger partial charge in [0.05, 0.1) is 0 Å². The van der Waals surface area contributed by atoms with Gasteiger partial charge in [-0.05, 0) is 32.2 Å². The smallest absolute Gasteiger partial charge is 0.0174 e. The third kappa shape index (κ3) is 3.67. The fraction of sp³-hybridized carbons (Fsp3) is 0.800. The van der Waals surface area contributed by atoms with Gasteiger partial charge in [-0.1, -0.05) is 17.7 Å². The fourth-order valence-electron chi connectivity index (χ4n) is 1.88. The van der Waals surface area contributed by atoms with Crippen molar-refractivity contribution < 1.29 is 0 Å². The van der Waals surface area contributed by atoms with Crippen LogP contribution in [-0.4, -0.2) is 30.6 Å². The summed E-state index contributed by atoms with van der Waals surface area (Å²) in [5.41, 5.74) is 7.48. The molecule has 2 N–H and O–H groups in total. The van der Waals surface area contributed by atoms with Gasteiger partial charge in [0.1, 0.15) is 0 Å². The Morgan fingerprint density at radius 3 is 3.08 bits per heavy atom. The molecule has 3 heteroatoms. The van der Waals surface area contributed by atoms with Crippen LogP contribution in [0.5, 0.6) is 0 Å². The van der Waals surface area contributed by atoms with E-state index in [0.29, 0.717) is 12.0 Å². The molecule has 1 aliphatic heterocycles. The lowest BCUT2D eigenvalue weighted by molar-refractivity contribution is 0.176. The van der Waals surface area contributed by atoms with E-state index in [1.54, 1.807) is 5.54 Å². The van der Waals surface area contributed by atoms with Crippen molar-refractivity contribution in [2.24, 2.45) is 11.7 Å². The average molecular weight is 203 g/mol. The second-order valence-electron chi connectivity index (χ2n) is 3.88. The summed E-state index contributed by atoms with van der Waals surface area (Å²) >= 11 is 5.49. The van der Waals surface area contributed by atoms with Crippen LogP contribution in [0.25, 0.3) is 0 Å². The number of piperidine rings is 1. The van der Waals surface area contributed by atoms with Crippen molar-refractivity contribution in [3.05, 3.63) is 11.6 Å². The Balaban J connectivity index is 2.33. The number of rotatable bonds is 3. The van der Waals surface area contributed by atoms with E-state index in [0.717, 1.165) is 13.1 Å². The quantitative estimate of drug-likeness (QED) is 0.757. The van der Waals surface area contributed by atoms with Gasteiger partial charge < -0.3 is 5.73 Å². The van der Waals surface area contributed by atoms with E-state index in [2.05, 4.69) is 11.8 Å². The molecular weight excluding hydrogens is 184 g/mol. The Labute approximate surface area is 85.7 Å². The van der Waals surface area contributed by atoms with Crippen LogP contribution < -0.4 is 5.73 Å². The van der Waals surface area contributed by atoms with Crippen LogP contribution in [0.3, 0.4) is 0 Å². The maximum Gasteiger partial charge on any atom is 0.0174 e. The van der Waals surface area contributed by atoms with E-state index in [1.807, 2.05) is 6.08 Å². The van der Waals surface area contributed by atoms with Crippen LogP contribution in [0.15, 0.2) is 11.6 Å². The van der Waals surface area contributed by atoms with Crippen LogP contribution >= 0.6 is 11.6 Å². The Morgan fingerprint density at radius 1 is 1.69 bits per heavy atom. The minimum Gasteiger partial charge on any atom is -0.328 e. The summed E-state index contributed by atoms with van der Waals surface area (Å²) in [7, 11) is 0. The Kier molecular flexibility index (Phi) is 4.78. The lowest BCUT2D eigenvalue weighted by Gasteiger charge is -2.33. The van der Waals surface area contributed by atoms with Gasteiger partial charge >= 0.3 is 0 Å². The molecule has 1 saturated heterocycles. The number of nitrogens with zero attached hydrogens (tertiary/aromatic N) is 1. The first kappa shape index (κ1) is 11.0. The van der Waals surface area contributed by atoms with Crippen molar-refractivity contribution >= 4 is 11.6 Å². The summed E-state index contributed by atoms with van der Waals surface area (Å²) < 4.78 is 0. The molecule has 1 aliphatic rings. The molecule has 0 aromatic carbocycles. The van der Waals surface area contributed by atoms with Crippen LogP contribution in [-0.2, 0) is 0 Å². The lowest BCUT2D eigenvalue weighted by Crippen LogP contribution is -2.42. The van der Waals surface area contributed by atoms with E-state index in [4.69, 9.17) is 17.3 Å². The molecule has 0 aromatic heterocycles. The summed E-state index contributed by atoms with van der Waals surface area (Å²) in [6, 6.07) is 0.322. The molecule has 1 fully saturated rings. The topological polar surface area (TPSA) is 29.3 Å². The average Bonchev–Trinajstić information content (AvgIpc) is 2.15. The summed E-state index contributed by atoms with van der Waals surface area (Å²) in [5, 5.41) is 0. The summed E-state index contributed by atoms with van der Waals surface area (Å²) in [6.45, 7) is 5.38. The van der Waals surface area contributed by atoms with Gasteiger partial charge in [0.15, 0.2) is 0 Å². The predicted octanol–water partition coefficient (Wildman–Crippen LogP) is 1.80. The molecule has 2 atom stereocenters. The normalized spacial score (nSPS) is 28.1. The number of hydrogen-bond donors (Lipinski definition) is 1. The van der Waals surface area contributed by atoms with Crippen molar-refractivity contribution in [2.75, 3.05) is 19.6 Å². The highest BCUT2D eigenvalue weighted by Crippen LogP contribution is 2.18. The molecule has 0 radical (unpaired) electrons. The van der Waals surface area contributed by atoms with Gasteiger partial charge in [-0.15, -0.1) is 0 Å². The number of halogens is 1. The molecule has 0 amide bonds. The fourth-order valence-corrected chi connectivity index (χ4v) is 1.95. The molecule has 0 spiro atoms. The van der Waals surface area contributed by atoms with Crippen molar-refractivity contribution in [1.82, 2.24) is 4.90 Å². The predicted molar refractivity (Wildman–Crippen MR) is 57.8 cm³/mol. The Bertz CT molecular complexity index is 168. The van der Waals surface area contributed by atoms with Crippen molar-refractivity contribution in [1.29, 1.82) is 0 Å². The van der Waals surface area contributed by atoms with Crippen LogP contribution in [0.2, 0.25) is 0 Å². The van der Waals surface area contributed by atoms with E-state index in [-0.39, 0.29) is 0 Å². The zero-order chi connectivity index (χ0) is 9.68. The Morgan fingerprint density at radius 2 is 2.46 bits per heavy atom. The largest absolute Gasteiger partial charge is 0.328 e. The molecule has 0 bridgehead atoms. The van der Waals surface area contributed by atoms with Gasteiger partial charge in [0.25, 0.3) is 0 Å². The SMILES string of the molecule is CC(N)C1CCCN(C/C=C/Cl)C1. The monoisotopic (exact) mass is 202 g/mol. The van der Waals surface area contributed by atoms with Gasteiger partial charge in [-0.3, -0.25) is 4.90 Å². The first-order valence-corrected chi connectivity index (χ1v) is 5.41. The second kappa shape index (κ2) is 5.63. The van der Waals surface area contributed by atoms with E-state index >= 15 is 0 Å². The van der Waals surface area contributed by atoms with E-state index in [1.165, 1.54) is 19.4 Å². The van der Waals surface area contributed by atoms with Crippen molar-refractivity contribution in [3.63, 3.8) is 0 Å². The zero-order valence-corrected chi connectivity index (χ0v) is 9.00. The van der Waals surface area contributed by atoms with Gasteiger partial charge in [0, 0.05) is 24.7 Å². The summed E-state index contributed by atoms with van der Waals surface area (Å²) in [6.07, 6.45) is 4.53. The number of hydrogen-bond acceptors (Lipinski definition) is 2. The minimum absolute atomic E-state index is 0.322. The first-order valence-electron chi connectivity index (χ1n) is 4.97. The maximum atomic E-state index is 5.89. The van der Waals surface area contributed by atoms with Crippen molar-refractivity contribution in [3.8, 4) is 0 Å². The standard InChI is InChI=1S/C10H19ClN2/c1-9(12)10-4-2-6-13(8-10)7-3-5-11/h3,5,9-10H,2,4,6-8,12H2,1H3/b5-3+.